The molecule has 0 spiro atoms. The normalized spacial score (nSPS) is 10.9. The first-order valence-corrected chi connectivity index (χ1v) is 10.6. The van der Waals surface area contributed by atoms with Crippen LogP contribution in [0.2, 0.25) is 0 Å². The number of aryl methyl sites for hydroxylation is 1. The number of rotatable bonds is 13. The predicted octanol–water partition coefficient (Wildman–Crippen LogP) is 5.67. The van der Waals surface area contributed by atoms with E-state index in [4.69, 9.17) is 0 Å². The fourth-order valence-electron chi connectivity index (χ4n) is 3.40. The lowest BCUT2D eigenvalue weighted by Crippen LogP contribution is -2.11. The van der Waals surface area contributed by atoms with Crippen LogP contribution in [0.1, 0.15) is 71.1 Å². The molecule has 0 bridgehead atoms. The maximum atomic E-state index is 12.1. The average molecular weight is 387 g/mol. The van der Waals surface area contributed by atoms with Crippen molar-refractivity contribution in [1.29, 1.82) is 0 Å². The van der Waals surface area contributed by atoms with Crippen LogP contribution in [0, 0.1) is 0 Å². The zero-order chi connectivity index (χ0) is 20.2. The molecule has 0 fully saturated rings. The molecule has 154 valence electrons. The van der Waals surface area contributed by atoms with E-state index in [-0.39, 0.29) is 11.9 Å². The molecule has 1 heterocycles. The van der Waals surface area contributed by atoms with E-state index in [1.54, 1.807) is 0 Å². The fourth-order valence-corrected chi connectivity index (χ4v) is 3.40. The Morgan fingerprint density at radius 1 is 0.964 bits per heavy atom. The van der Waals surface area contributed by atoms with E-state index in [1.165, 1.54) is 12.5 Å². The Bertz CT molecular complexity index is 751. The number of hydrogen-bond donors (Lipinski definition) is 1. The summed E-state index contributed by atoms with van der Waals surface area (Å²) < 4.78 is 6.92. The van der Waals surface area contributed by atoms with Crippen molar-refractivity contribution in [1.82, 2.24) is 4.57 Å². The summed E-state index contributed by atoms with van der Waals surface area (Å²) in [5, 5.41) is 4.22. The molecule has 0 aliphatic heterocycles. The summed E-state index contributed by atoms with van der Waals surface area (Å²) in [4.78, 5) is 23.1. The number of fused-ring (bicyclic) bond motifs is 1. The van der Waals surface area contributed by atoms with Crippen molar-refractivity contribution < 1.29 is 14.3 Å². The van der Waals surface area contributed by atoms with Crippen LogP contribution in [0.25, 0.3) is 10.9 Å². The van der Waals surface area contributed by atoms with Gasteiger partial charge in [-0.15, -0.1) is 0 Å². The molecule has 5 heteroatoms. The molecular formula is C23H34N2O3. The molecule has 1 N–H and O–H groups in total. The third-order valence-electron chi connectivity index (χ3n) is 5.07. The van der Waals surface area contributed by atoms with Gasteiger partial charge in [-0.25, -0.2) is 0 Å². The first-order chi connectivity index (χ1) is 13.6. The summed E-state index contributed by atoms with van der Waals surface area (Å²) in [5.74, 6) is -0.0232. The van der Waals surface area contributed by atoms with Gasteiger partial charge in [0.05, 0.1) is 12.6 Å². The van der Waals surface area contributed by atoms with E-state index in [0.29, 0.717) is 12.8 Å². The second-order valence-electron chi connectivity index (χ2n) is 7.38. The number of ether oxygens (including phenoxy) is 1. The summed E-state index contributed by atoms with van der Waals surface area (Å²) in [6.45, 7) is 3.11. The largest absolute Gasteiger partial charge is 0.469 e. The lowest BCUT2D eigenvalue weighted by molar-refractivity contribution is -0.140. The van der Waals surface area contributed by atoms with Crippen molar-refractivity contribution in [3.63, 3.8) is 0 Å². The molecular weight excluding hydrogens is 352 g/mol. The molecule has 0 saturated heterocycles. The number of methoxy groups -OCH3 is 1. The Labute approximate surface area is 168 Å². The Hall–Kier alpha value is -2.30. The lowest BCUT2D eigenvalue weighted by atomic mass is 10.1. The quantitative estimate of drug-likeness (QED) is 0.356. The van der Waals surface area contributed by atoms with E-state index < -0.39 is 0 Å². The molecule has 5 nitrogen and oxygen atoms in total. The highest BCUT2D eigenvalue weighted by atomic mass is 16.5. The molecule has 0 radical (unpaired) electrons. The average Bonchev–Trinajstić information content (AvgIpc) is 3.09. The molecule has 2 aromatic rings. The Morgan fingerprint density at radius 3 is 2.50 bits per heavy atom. The zero-order valence-electron chi connectivity index (χ0n) is 17.3. The number of carbonyl (C=O) groups excluding carboxylic acids is 2. The summed E-state index contributed by atoms with van der Waals surface area (Å²) in [6.07, 6.45) is 11.7. The summed E-state index contributed by atoms with van der Waals surface area (Å²) in [6, 6.07) is 8.24. The molecule has 1 amide bonds. The second-order valence-corrected chi connectivity index (χ2v) is 7.38. The lowest BCUT2D eigenvalue weighted by Gasteiger charge is -2.09. The monoisotopic (exact) mass is 386 g/mol. The first-order valence-electron chi connectivity index (χ1n) is 10.6. The third kappa shape index (κ3) is 7.37. The predicted molar refractivity (Wildman–Crippen MR) is 114 cm³/mol. The maximum Gasteiger partial charge on any atom is 0.305 e. The SMILES string of the molecule is CCCCCC(=O)Nc1ccc2ccn(CCCCCCCC(=O)OC)c2c1. The van der Waals surface area contributed by atoms with Crippen LogP contribution in [0.5, 0.6) is 0 Å². The number of hydrogen-bond acceptors (Lipinski definition) is 3. The number of esters is 1. The molecule has 28 heavy (non-hydrogen) atoms. The van der Waals surface area contributed by atoms with E-state index in [0.717, 1.165) is 69.1 Å². The minimum absolute atomic E-state index is 0.0952. The van der Waals surface area contributed by atoms with Gasteiger partial charge in [0.2, 0.25) is 5.91 Å². The van der Waals surface area contributed by atoms with Crippen LogP contribution >= 0.6 is 0 Å². The molecule has 0 aliphatic rings. The van der Waals surface area contributed by atoms with Crippen LogP contribution in [0.3, 0.4) is 0 Å². The first kappa shape index (κ1) is 22.0. The second kappa shape index (κ2) is 12.2. The van der Waals surface area contributed by atoms with Gasteiger partial charge in [-0.3, -0.25) is 9.59 Å². The van der Waals surface area contributed by atoms with Crippen LogP contribution < -0.4 is 5.32 Å². The molecule has 1 aromatic heterocycles. The van der Waals surface area contributed by atoms with Crippen LogP contribution in [0.4, 0.5) is 5.69 Å². The van der Waals surface area contributed by atoms with Gasteiger partial charge in [-0.1, -0.05) is 45.1 Å². The molecule has 0 saturated carbocycles. The van der Waals surface area contributed by atoms with Gasteiger partial charge >= 0.3 is 5.97 Å². The van der Waals surface area contributed by atoms with E-state index >= 15 is 0 Å². The fraction of sp³-hybridized carbons (Fsp3) is 0.565. The minimum atomic E-state index is -0.118. The van der Waals surface area contributed by atoms with Gasteiger partial charge in [-0.05, 0) is 42.8 Å². The third-order valence-corrected chi connectivity index (χ3v) is 5.07. The number of unbranched alkanes of at least 4 members (excludes halogenated alkanes) is 6. The molecule has 2 rings (SSSR count). The van der Waals surface area contributed by atoms with Crippen molar-refractivity contribution >= 4 is 28.5 Å². The smallest absolute Gasteiger partial charge is 0.305 e. The van der Waals surface area contributed by atoms with Crippen molar-refractivity contribution in [3.05, 3.63) is 30.5 Å². The number of aromatic nitrogens is 1. The summed E-state index contributed by atoms with van der Waals surface area (Å²) in [7, 11) is 1.44. The Balaban J connectivity index is 1.78. The van der Waals surface area contributed by atoms with Crippen molar-refractivity contribution in [2.45, 2.75) is 77.7 Å². The van der Waals surface area contributed by atoms with Crippen molar-refractivity contribution in [2.75, 3.05) is 12.4 Å². The number of anilines is 1. The summed E-state index contributed by atoms with van der Waals surface area (Å²) in [5.41, 5.74) is 2.04. The molecule has 0 atom stereocenters. The molecule has 0 aliphatic carbocycles. The highest BCUT2D eigenvalue weighted by Crippen LogP contribution is 2.22. The summed E-state index contributed by atoms with van der Waals surface area (Å²) >= 11 is 0. The zero-order valence-corrected chi connectivity index (χ0v) is 17.3. The number of carbonyl (C=O) groups is 2. The number of benzene rings is 1. The van der Waals surface area contributed by atoms with Crippen LogP contribution in [-0.4, -0.2) is 23.6 Å². The van der Waals surface area contributed by atoms with Crippen LogP contribution in [-0.2, 0) is 20.9 Å². The van der Waals surface area contributed by atoms with Gasteiger partial charge in [0, 0.05) is 31.3 Å². The molecule has 1 aromatic carbocycles. The highest BCUT2D eigenvalue weighted by molar-refractivity contribution is 5.93. The highest BCUT2D eigenvalue weighted by Gasteiger charge is 2.06. The minimum Gasteiger partial charge on any atom is -0.469 e. The van der Waals surface area contributed by atoms with Crippen molar-refractivity contribution in [3.8, 4) is 0 Å². The number of amides is 1. The van der Waals surface area contributed by atoms with E-state index in [2.05, 4.69) is 45.9 Å². The van der Waals surface area contributed by atoms with Gasteiger partial charge in [0.25, 0.3) is 0 Å². The van der Waals surface area contributed by atoms with E-state index in [1.807, 2.05) is 6.07 Å². The van der Waals surface area contributed by atoms with Gasteiger partial charge in [0.15, 0.2) is 0 Å². The number of nitrogens with zero attached hydrogens (tertiary/aromatic N) is 1. The van der Waals surface area contributed by atoms with Crippen molar-refractivity contribution in [2.24, 2.45) is 0 Å². The number of nitrogens with one attached hydrogen (secondary N) is 1. The Morgan fingerprint density at radius 2 is 1.71 bits per heavy atom. The van der Waals surface area contributed by atoms with Gasteiger partial charge in [0.1, 0.15) is 0 Å². The van der Waals surface area contributed by atoms with Gasteiger partial charge < -0.3 is 14.6 Å². The van der Waals surface area contributed by atoms with Gasteiger partial charge in [-0.2, -0.15) is 0 Å². The Kier molecular flexibility index (Phi) is 9.60. The topological polar surface area (TPSA) is 60.3 Å². The molecule has 0 unspecified atom stereocenters. The van der Waals surface area contributed by atoms with E-state index in [9.17, 15) is 9.59 Å². The maximum absolute atomic E-state index is 12.1. The van der Waals surface area contributed by atoms with Crippen LogP contribution in [0.15, 0.2) is 30.5 Å². The standard InChI is InChI=1S/C23H34N2O3/c1-3-4-8-11-22(26)24-20-14-13-19-15-17-25(21(19)18-20)16-10-7-5-6-9-12-23(27)28-2/h13-15,17-18H,3-12,16H2,1-2H3,(H,24,26).